The van der Waals surface area contributed by atoms with E-state index in [0.717, 1.165) is 26.2 Å². The van der Waals surface area contributed by atoms with Crippen LogP contribution in [0.1, 0.15) is 0 Å². The number of hydrogen-bond acceptors (Lipinski definition) is 10. The molecule has 0 fully saturated rings. The van der Waals surface area contributed by atoms with E-state index in [0.29, 0.717) is 0 Å². The van der Waals surface area contributed by atoms with E-state index in [1.807, 2.05) is 28.2 Å². The van der Waals surface area contributed by atoms with E-state index in [1.54, 1.807) is 0 Å². The van der Waals surface area contributed by atoms with E-state index in [9.17, 15) is 0 Å². The number of rotatable bonds is 4. The second-order valence-electron chi connectivity index (χ2n) is 3.63. The molecule has 0 aliphatic rings. The van der Waals surface area contributed by atoms with Gasteiger partial charge in [-0.1, -0.05) is 0 Å². The third kappa shape index (κ3) is 233. The Balaban J connectivity index is -0.0000000544. The molecule has 0 unspecified atom stereocenters. The average Bonchev–Trinajstić information content (AvgIpc) is 2.15. The van der Waals surface area contributed by atoms with Crippen LogP contribution >= 0.6 is 0 Å². The van der Waals surface area contributed by atoms with Crippen LogP contribution in [-0.2, 0) is 17.1 Å². The fraction of sp³-hybridized carbons (Fsp3) is 1.00. The van der Waals surface area contributed by atoms with E-state index in [4.69, 9.17) is 42.1 Å². The molecular formula is C8H24CuN6O6. The van der Waals surface area contributed by atoms with Crippen molar-refractivity contribution < 1.29 is 27.2 Å². The molecule has 0 aliphatic heterocycles. The zero-order chi connectivity index (χ0) is 17.1. The van der Waals surface area contributed by atoms with Gasteiger partial charge < -0.3 is 51.9 Å². The zero-order valence-electron chi connectivity index (χ0n) is 12.5. The molecule has 0 atom stereocenters. The van der Waals surface area contributed by atoms with Crippen LogP contribution in [0.25, 0.3) is 0 Å². The quantitative estimate of drug-likeness (QED) is 0.338. The minimum absolute atomic E-state index is 0. The molecule has 21 heavy (non-hydrogen) atoms. The van der Waals surface area contributed by atoms with Gasteiger partial charge in [-0.25, -0.2) is 0 Å². The van der Waals surface area contributed by atoms with Gasteiger partial charge in [0.05, 0.1) is 10.2 Å². The maximum atomic E-state index is 8.25. The predicted molar refractivity (Wildman–Crippen MR) is 75.9 cm³/mol. The summed E-state index contributed by atoms with van der Waals surface area (Å²) in [6.07, 6.45) is 0. The largest absolute Gasteiger partial charge is 2.00 e. The first-order valence-corrected chi connectivity index (χ1v) is 5.33. The third-order valence-electron chi connectivity index (χ3n) is 1.15. The molecule has 4 N–H and O–H groups in total. The van der Waals surface area contributed by atoms with Gasteiger partial charge in [-0.15, -0.1) is 0 Å². The van der Waals surface area contributed by atoms with Crippen molar-refractivity contribution in [3.63, 3.8) is 0 Å². The molecule has 0 amide bonds. The topological polar surface area (TPSA) is 191 Å². The summed E-state index contributed by atoms with van der Waals surface area (Å²) in [6.45, 7) is 3.49. The zero-order valence-corrected chi connectivity index (χ0v) is 13.5. The Morgan fingerprint density at radius 3 is 0.905 bits per heavy atom. The van der Waals surface area contributed by atoms with Crippen LogP contribution in [0.15, 0.2) is 0 Å². The Labute approximate surface area is 134 Å². The number of likely N-dealkylation sites (N-methyl/N-ethyl adjacent to an activating group) is 2. The van der Waals surface area contributed by atoms with Crippen molar-refractivity contribution in [2.45, 2.75) is 0 Å². The first kappa shape index (κ1) is 31.9. The Bertz CT molecular complexity index is 191. The molecule has 133 valence electrons. The van der Waals surface area contributed by atoms with Crippen molar-refractivity contribution in [3.8, 4) is 0 Å². The summed E-state index contributed by atoms with van der Waals surface area (Å²) in [5.41, 5.74) is 10.4. The van der Waals surface area contributed by atoms with Crippen molar-refractivity contribution in [1.29, 1.82) is 0 Å². The maximum Gasteiger partial charge on any atom is 2.00 e. The molecule has 0 saturated carbocycles. The molecule has 0 aromatic heterocycles. The minimum atomic E-state index is -1.75. The predicted octanol–water partition coefficient (Wildman–Crippen LogP) is -1.47. The molecule has 1 radical (unpaired) electrons. The Kier molecular flexibility index (Phi) is 41.3. The number of nitrogens with zero attached hydrogens (tertiary/aromatic N) is 4. The molecule has 12 nitrogen and oxygen atoms in total. The average molecular weight is 364 g/mol. The summed E-state index contributed by atoms with van der Waals surface area (Å²) in [5, 5.41) is 29.5. The van der Waals surface area contributed by atoms with Gasteiger partial charge in [-0.05, 0) is 28.2 Å². The van der Waals surface area contributed by atoms with Crippen molar-refractivity contribution in [2.24, 2.45) is 11.5 Å². The Hall–Kier alpha value is -1.24. The summed E-state index contributed by atoms with van der Waals surface area (Å²) in [6, 6.07) is 0. The smallest absolute Gasteiger partial charge is 0.356 e. The second-order valence-corrected chi connectivity index (χ2v) is 3.63. The van der Waals surface area contributed by atoms with Gasteiger partial charge in [0.1, 0.15) is 0 Å². The van der Waals surface area contributed by atoms with Gasteiger partial charge in [0.2, 0.25) is 0 Å². The molecule has 0 bridgehead atoms. The van der Waals surface area contributed by atoms with Gasteiger partial charge in [0.25, 0.3) is 0 Å². The number of hydrogen-bond donors (Lipinski definition) is 2. The molecular weight excluding hydrogens is 340 g/mol. The van der Waals surface area contributed by atoms with Crippen LogP contribution < -0.4 is 11.5 Å². The summed E-state index contributed by atoms with van der Waals surface area (Å²) >= 11 is 0. The Morgan fingerprint density at radius 2 is 0.905 bits per heavy atom. The molecule has 13 heteroatoms. The summed E-state index contributed by atoms with van der Waals surface area (Å²) in [4.78, 5) is 20.6. The molecule has 0 spiro atoms. The van der Waals surface area contributed by atoms with Crippen molar-refractivity contribution >= 4 is 0 Å². The van der Waals surface area contributed by atoms with Gasteiger partial charge in [0.15, 0.2) is 0 Å². The number of nitrogens with two attached hydrogens (primary N) is 2. The third-order valence-corrected chi connectivity index (χ3v) is 1.15. The van der Waals surface area contributed by atoms with Crippen LogP contribution in [0, 0.1) is 30.6 Å². The fourth-order valence-electron chi connectivity index (χ4n) is 0.516. The summed E-state index contributed by atoms with van der Waals surface area (Å²) in [7, 11) is 8.03. The van der Waals surface area contributed by atoms with Gasteiger partial charge in [-0.3, -0.25) is 0 Å². The molecule has 0 heterocycles. The van der Waals surface area contributed by atoms with Crippen LogP contribution in [0.4, 0.5) is 0 Å². The molecule has 0 aromatic rings. The first-order chi connectivity index (χ1) is 9.00. The maximum absolute atomic E-state index is 8.25. The van der Waals surface area contributed by atoms with E-state index in [1.165, 1.54) is 0 Å². The Morgan fingerprint density at radius 1 is 0.762 bits per heavy atom. The monoisotopic (exact) mass is 363 g/mol. The van der Waals surface area contributed by atoms with Gasteiger partial charge in [0, 0.05) is 26.2 Å². The molecule has 0 aliphatic carbocycles. The van der Waals surface area contributed by atoms with E-state index >= 15 is 0 Å². The molecule has 0 aromatic carbocycles. The molecule has 0 saturated heterocycles. The normalized spacial score (nSPS) is 8.00. The van der Waals surface area contributed by atoms with Crippen LogP contribution in [-0.4, -0.2) is 74.3 Å². The van der Waals surface area contributed by atoms with Crippen molar-refractivity contribution in [1.82, 2.24) is 9.80 Å². The van der Waals surface area contributed by atoms with Crippen LogP contribution in [0.3, 0.4) is 0 Å². The van der Waals surface area contributed by atoms with E-state index < -0.39 is 10.2 Å². The van der Waals surface area contributed by atoms with Crippen molar-refractivity contribution in [2.75, 3.05) is 54.4 Å². The van der Waals surface area contributed by atoms with Crippen LogP contribution in [0.2, 0.25) is 0 Å². The van der Waals surface area contributed by atoms with E-state index in [2.05, 4.69) is 9.80 Å². The first-order valence-electron chi connectivity index (χ1n) is 5.33. The van der Waals surface area contributed by atoms with Crippen molar-refractivity contribution in [3.05, 3.63) is 30.6 Å². The fourth-order valence-corrected chi connectivity index (χ4v) is 0.516. The molecule has 0 rings (SSSR count). The minimum Gasteiger partial charge on any atom is -0.356 e. The van der Waals surface area contributed by atoms with Gasteiger partial charge >= 0.3 is 17.1 Å². The summed E-state index contributed by atoms with van der Waals surface area (Å²) < 4.78 is 0. The SMILES string of the molecule is CN(C)CCN.CN(C)CCN.O=[N+]([O-])[O-].O=[N+]([O-])[O-].[Cu+2]. The second kappa shape index (κ2) is 27.2. The van der Waals surface area contributed by atoms with Gasteiger partial charge in [-0.2, -0.15) is 0 Å². The van der Waals surface area contributed by atoms with E-state index in [-0.39, 0.29) is 17.1 Å². The standard InChI is InChI=1S/2C4H12N2.Cu.2NO3/c2*1-6(2)4-3-5;;2*2-1(3)4/h2*3-5H2,1-2H3;;;/q;;+2;2*-1. The summed E-state index contributed by atoms with van der Waals surface area (Å²) in [5.74, 6) is 0. The van der Waals surface area contributed by atoms with Crippen LogP contribution in [0.5, 0.6) is 0 Å².